The highest BCUT2D eigenvalue weighted by Gasteiger charge is 2.52. The monoisotopic (exact) mass is 669 g/mol. The van der Waals surface area contributed by atoms with Gasteiger partial charge < -0.3 is 0 Å². The van der Waals surface area contributed by atoms with Crippen LogP contribution in [-0.4, -0.2) is 4.98 Å². The minimum Gasteiger partial charge on any atom is -0.248 e. The fraction of sp³-hybridized carbons (Fsp3) is 0.0192. The lowest BCUT2D eigenvalue weighted by Crippen LogP contribution is -2.25. The third-order valence-corrected chi connectivity index (χ3v) is 12.0. The minimum atomic E-state index is -0.441. The Balaban J connectivity index is 1.14. The van der Waals surface area contributed by atoms with E-state index in [-0.39, 0.29) is 0 Å². The summed E-state index contributed by atoms with van der Waals surface area (Å²) in [5, 5.41) is 2.72. The van der Waals surface area contributed by atoms with Gasteiger partial charge in [0.05, 0.1) is 16.8 Å². The lowest BCUT2D eigenvalue weighted by Gasteiger charge is -2.31. The van der Waals surface area contributed by atoms with Crippen molar-refractivity contribution in [2.75, 3.05) is 0 Å². The van der Waals surface area contributed by atoms with E-state index in [0.29, 0.717) is 0 Å². The second-order valence-corrected chi connectivity index (χ2v) is 14.6. The molecular formula is C52H31N. The fourth-order valence-corrected chi connectivity index (χ4v) is 9.89. The molecule has 0 saturated heterocycles. The van der Waals surface area contributed by atoms with Crippen LogP contribution in [0.2, 0.25) is 0 Å². The van der Waals surface area contributed by atoms with Gasteiger partial charge in [0, 0.05) is 11.1 Å². The van der Waals surface area contributed by atoms with Crippen molar-refractivity contribution in [1.29, 1.82) is 0 Å². The topological polar surface area (TPSA) is 12.9 Å². The summed E-state index contributed by atoms with van der Waals surface area (Å²) >= 11 is 0. The number of aromatic nitrogens is 1. The van der Waals surface area contributed by atoms with Crippen molar-refractivity contribution in [3.05, 3.63) is 210 Å². The third kappa shape index (κ3) is 3.78. The average molecular weight is 670 g/mol. The van der Waals surface area contributed by atoms with Gasteiger partial charge in [-0.25, -0.2) is 4.98 Å². The van der Waals surface area contributed by atoms with Gasteiger partial charge in [-0.1, -0.05) is 164 Å². The molecule has 1 nitrogen and oxygen atoms in total. The van der Waals surface area contributed by atoms with Gasteiger partial charge in [-0.05, 0) is 113 Å². The molecule has 9 aromatic rings. The molecule has 1 heterocycles. The Morgan fingerprint density at radius 2 is 0.868 bits per heavy atom. The maximum Gasteiger partial charge on any atom is 0.0725 e. The number of fused-ring (bicyclic) bond motifs is 14. The van der Waals surface area contributed by atoms with Gasteiger partial charge in [-0.2, -0.15) is 0 Å². The molecule has 53 heavy (non-hydrogen) atoms. The van der Waals surface area contributed by atoms with Gasteiger partial charge >= 0.3 is 0 Å². The maximum absolute atomic E-state index is 5.33. The highest BCUT2D eigenvalue weighted by atomic mass is 14.7. The Kier molecular flexibility index (Phi) is 5.77. The average Bonchev–Trinajstić information content (AvgIpc) is 3.84. The third-order valence-electron chi connectivity index (χ3n) is 12.0. The molecule has 1 unspecified atom stereocenters. The van der Waals surface area contributed by atoms with Crippen LogP contribution in [0.4, 0.5) is 0 Å². The van der Waals surface area contributed by atoms with Crippen molar-refractivity contribution in [3.63, 3.8) is 0 Å². The summed E-state index contributed by atoms with van der Waals surface area (Å²) in [5.41, 5.74) is 22.1. The van der Waals surface area contributed by atoms with Crippen LogP contribution in [0.5, 0.6) is 0 Å². The fourth-order valence-electron chi connectivity index (χ4n) is 9.89. The quantitative estimate of drug-likeness (QED) is 0.182. The summed E-state index contributed by atoms with van der Waals surface area (Å²) < 4.78 is 0. The molecule has 0 amide bonds. The lowest BCUT2D eigenvalue weighted by molar-refractivity contribution is 0.795. The first-order valence-corrected chi connectivity index (χ1v) is 18.5. The van der Waals surface area contributed by atoms with E-state index < -0.39 is 5.41 Å². The zero-order valence-corrected chi connectivity index (χ0v) is 28.8. The summed E-state index contributed by atoms with van der Waals surface area (Å²) in [6.45, 7) is 0. The molecule has 244 valence electrons. The van der Waals surface area contributed by atoms with Gasteiger partial charge in [0.25, 0.3) is 0 Å². The van der Waals surface area contributed by atoms with E-state index in [2.05, 4.69) is 188 Å². The molecule has 0 fully saturated rings. The SMILES string of the molecule is c1ccc(-c2cc(-c3ccccc3)nc(-c3ccc4c(c3)-c3ccccc3C43c4ccccc4-c4c3cc3c5c(cccc45)-c4ccccc4-3)c2)cc1. The molecule has 1 heteroatoms. The number of rotatable bonds is 3. The smallest absolute Gasteiger partial charge is 0.0725 e. The van der Waals surface area contributed by atoms with Crippen molar-refractivity contribution < 1.29 is 0 Å². The molecule has 0 bridgehead atoms. The van der Waals surface area contributed by atoms with E-state index in [4.69, 9.17) is 4.98 Å². The van der Waals surface area contributed by atoms with E-state index in [9.17, 15) is 0 Å². The number of nitrogens with zero attached hydrogens (tertiary/aromatic N) is 1. The molecule has 12 rings (SSSR count). The minimum absolute atomic E-state index is 0.441. The maximum atomic E-state index is 5.33. The van der Waals surface area contributed by atoms with Crippen molar-refractivity contribution >= 4 is 10.8 Å². The Labute approximate surface area is 308 Å². The first-order valence-electron chi connectivity index (χ1n) is 18.5. The molecule has 0 saturated carbocycles. The summed E-state index contributed by atoms with van der Waals surface area (Å²) in [6.07, 6.45) is 0. The van der Waals surface area contributed by atoms with Gasteiger partial charge in [-0.15, -0.1) is 0 Å². The van der Waals surface area contributed by atoms with Crippen LogP contribution in [0.25, 0.3) is 88.9 Å². The summed E-state index contributed by atoms with van der Waals surface area (Å²) in [5.74, 6) is 0. The zero-order chi connectivity index (χ0) is 34.7. The Morgan fingerprint density at radius 3 is 1.62 bits per heavy atom. The van der Waals surface area contributed by atoms with E-state index in [0.717, 1.165) is 28.1 Å². The summed E-state index contributed by atoms with van der Waals surface area (Å²) in [7, 11) is 0. The molecular weight excluding hydrogens is 639 g/mol. The Hall–Kier alpha value is -6.83. The van der Waals surface area contributed by atoms with Crippen LogP contribution in [0.15, 0.2) is 188 Å². The van der Waals surface area contributed by atoms with E-state index in [1.54, 1.807) is 0 Å². The second kappa shape index (κ2) is 10.6. The second-order valence-electron chi connectivity index (χ2n) is 14.6. The number of benzene rings is 8. The van der Waals surface area contributed by atoms with Crippen LogP contribution in [0.3, 0.4) is 0 Å². The van der Waals surface area contributed by atoms with Gasteiger partial charge in [0.2, 0.25) is 0 Å². The molecule has 0 radical (unpaired) electrons. The number of hydrogen-bond donors (Lipinski definition) is 0. The first kappa shape index (κ1) is 28.8. The largest absolute Gasteiger partial charge is 0.248 e. The molecule has 8 aromatic carbocycles. The molecule has 1 atom stereocenters. The Morgan fingerprint density at radius 1 is 0.302 bits per heavy atom. The number of pyridine rings is 1. The first-order chi connectivity index (χ1) is 26.3. The molecule has 3 aliphatic carbocycles. The standard InChI is InChI=1S/C52H31N/c1-3-14-32(15-4-1)35-29-48(33-16-5-2-6-17-33)53-49(30-35)34-26-27-46-42(28-34)38-20-9-11-24-44(38)52(46)45-25-12-10-21-40(45)51-41-23-13-22-39-36-18-7-8-19-37(36)43(50(39)41)31-47(51)52/h1-31H. The zero-order valence-electron chi connectivity index (χ0n) is 28.8. The lowest BCUT2D eigenvalue weighted by atomic mass is 9.70. The van der Waals surface area contributed by atoms with E-state index in [1.165, 1.54) is 83.1 Å². The normalized spacial score (nSPS) is 15.2. The van der Waals surface area contributed by atoms with Crippen LogP contribution in [0.1, 0.15) is 22.3 Å². The molecule has 1 spiro atoms. The highest BCUT2D eigenvalue weighted by Crippen LogP contribution is 2.65. The highest BCUT2D eigenvalue weighted by molar-refractivity contribution is 6.21. The van der Waals surface area contributed by atoms with E-state index >= 15 is 0 Å². The van der Waals surface area contributed by atoms with Crippen LogP contribution in [0, 0.1) is 0 Å². The van der Waals surface area contributed by atoms with Crippen molar-refractivity contribution in [1.82, 2.24) is 4.98 Å². The molecule has 0 aliphatic heterocycles. The van der Waals surface area contributed by atoms with Crippen molar-refractivity contribution in [2.45, 2.75) is 5.41 Å². The van der Waals surface area contributed by atoms with Gasteiger partial charge in [0.15, 0.2) is 0 Å². The summed E-state index contributed by atoms with van der Waals surface area (Å²) in [4.78, 5) is 5.33. The predicted octanol–water partition coefficient (Wildman–Crippen LogP) is 13.2. The van der Waals surface area contributed by atoms with Gasteiger partial charge in [-0.3, -0.25) is 0 Å². The number of hydrogen-bond acceptors (Lipinski definition) is 1. The van der Waals surface area contributed by atoms with Gasteiger partial charge in [0.1, 0.15) is 0 Å². The molecule has 3 aliphatic rings. The predicted molar refractivity (Wildman–Crippen MR) is 219 cm³/mol. The van der Waals surface area contributed by atoms with Crippen LogP contribution >= 0.6 is 0 Å². The molecule has 0 N–H and O–H groups in total. The van der Waals surface area contributed by atoms with Crippen LogP contribution < -0.4 is 0 Å². The van der Waals surface area contributed by atoms with E-state index in [1.807, 2.05) is 0 Å². The summed E-state index contributed by atoms with van der Waals surface area (Å²) in [6, 6.07) is 69.4. The van der Waals surface area contributed by atoms with Crippen LogP contribution in [-0.2, 0) is 5.41 Å². The van der Waals surface area contributed by atoms with Crippen molar-refractivity contribution in [3.8, 4) is 78.1 Å². The van der Waals surface area contributed by atoms with Crippen molar-refractivity contribution in [2.24, 2.45) is 0 Å². The molecule has 1 aromatic heterocycles. The Bertz CT molecular complexity index is 2930.